The van der Waals surface area contributed by atoms with Crippen LogP contribution in [0.2, 0.25) is 0 Å². The summed E-state index contributed by atoms with van der Waals surface area (Å²) in [6.45, 7) is 8.94. The minimum Gasteiger partial charge on any atom is -0.497 e. The van der Waals surface area contributed by atoms with E-state index in [1.807, 2.05) is 49.4 Å². The van der Waals surface area contributed by atoms with Gasteiger partial charge in [-0.1, -0.05) is 43.7 Å². The number of hydrogen-bond donors (Lipinski definition) is 1. The fraction of sp³-hybridized carbons (Fsp3) is 0.440. The number of carbonyl (C=O) groups is 2. The Bertz CT molecular complexity index is 863. The van der Waals surface area contributed by atoms with Crippen LogP contribution in [0.3, 0.4) is 0 Å². The Hall–Kier alpha value is -2.82. The summed E-state index contributed by atoms with van der Waals surface area (Å²) >= 11 is 0. The molecule has 0 saturated heterocycles. The van der Waals surface area contributed by atoms with Crippen LogP contribution in [-0.4, -0.2) is 36.4 Å². The van der Waals surface area contributed by atoms with Gasteiger partial charge in [-0.25, -0.2) is 0 Å². The first-order chi connectivity index (χ1) is 14.3. The fourth-order valence-electron chi connectivity index (χ4n) is 3.28. The largest absolute Gasteiger partial charge is 0.497 e. The minimum absolute atomic E-state index is 0.0702. The second-order valence-corrected chi connectivity index (χ2v) is 7.79. The van der Waals surface area contributed by atoms with E-state index in [9.17, 15) is 9.59 Å². The monoisotopic (exact) mass is 410 g/mol. The molecule has 5 nitrogen and oxygen atoms in total. The summed E-state index contributed by atoms with van der Waals surface area (Å²) in [5.41, 5.74) is 4.24. The predicted octanol–water partition coefficient (Wildman–Crippen LogP) is 4.19. The van der Waals surface area contributed by atoms with Gasteiger partial charge in [-0.05, 0) is 61.6 Å². The second-order valence-electron chi connectivity index (χ2n) is 7.79. The average Bonchev–Trinajstić information content (AvgIpc) is 2.74. The molecular formula is C25H34N2O3. The van der Waals surface area contributed by atoms with Crippen molar-refractivity contribution in [2.75, 3.05) is 13.7 Å². The van der Waals surface area contributed by atoms with Crippen LogP contribution in [0.4, 0.5) is 0 Å². The molecule has 1 N–H and O–H groups in total. The molecule has 0 aliphatic rings. The lowest BCUT2D eigenvalue weighted by Crippen LogP contribution is -2.48. The van der Waals surface area contributed by atoms with Crippen molar-refractivity contribution >= 4 is 11.8 Å². The highest BCUT2D eigenvalue weighted by Gasteiger charge is 2.26. The molecule has 0 radical (unpaired) electrons. The number of amides is 2. The van der Waals surface area contributed by atoms with Gasteiger partial charge in [0.2, 0.25) is 11.8 Å². The van der Waals surface area contributed by atoms with Gasteiger partial charge in [0.15, 0.2) is 0 Å². The normalized spacial score (nSPS) is 11.6. The Kier molecular flexibility index (Phi) is 8.90. The first kappa shape index (κ1) is 23.5. The molecule has 0 bridgehead atoms. The summed E-state index contributed by atoms with van der Waals surface area (Å²) in [7, 11) is 1.62. The molecule has 2 amide bonds. The number of unbranched alkanes of at least 4 members (excludes halogenated alkanes) is 1. The number of benzene rings is 2. The van der Waals surface area contributed by atoms with Gasteiger partial charge in [0, 0.05) is 13.1 Å². The number of nitrogens with one attached hydrogen (secondary N) is 1. The molecule has 162 valence electrons. The molecule has 0 aliphatic heterocycles. The Morgan fingerprint density at radius 2 is 1.83 bits per heavy atom. The summed E-state index contributed by atoms with van der Waals surface area (Å²) in [6.07, 6.45) is 2.19. The third-order valence-corrected chi connectivity index (χ3v) is 5.41. The predicted molar refractivity (Wildman–Crippen MR) is 121 cm³/mol. The summed E-state index contributed by atoms with van der Waals surface area (Å²) in [5.74, 6) is 0.535. The van der Waals surface area contributed by atoms with Gasteiger partial charge < -0.3 is 15.0 Å². The van der Waals surface area contributed by atoms with Gasteiger partial charge in [-0.15, -0.1) is 0 Å². The van der Waals surface area contributed by atoms with Crippen LogP contribution in [0.25, 0.3) is 0 Å². The highest BCUT2D eigenvalue weighted by Crippen LogP contribution is 2.18. The van der Waals surface area contributed by atoms with Crippen LogP contribution in [0.5, 0.6) is 5.75 Å². The maximum atomic E-state index is 13.3. The molecule has 0 aliphatic carbocycles. The molecule has 0 aromatic heterocycles. The van der Waals surface area contributed by atoms with E-state index in [-0.39, 0.29) is 18.2 Å². The van der Waals surface area contributed by atoms with Crippen molar-refractivity contribution in [3.63, 3.8) is 0 Å². The van der Waals surface area contributed by atoms with Crippen molar-refractivity contribution in [3.05, 3.63) is 64.7 Å². The highest BCUT2D eigenvalue weighted by atomic mass is 16.5. The van der Waals surface area contributed by atoms with Crippen LogP contribution < -0.4 is 10.1 Å². The molecule has 1 unspecified atom stereocenters. The smallest absolute Gasteiger partial charge is 0.242 e. The SMILES string of the molecule is CCCCNC(=O)C(C)N(Cc1cccc(OC)c1)C(=O)Cc1ccc(C)c(C)c1. The van der Waals surface area contributed by atoms with Gasteiger partial charge in [0.25, 0.3) is 0 Å². The Morgan fingerprint density at radius 3 is 2.50 bits per heavy atom. The zero-order valence-electron chi connectivity index (χ0n) is 18.8. The van der Waals surface area contributed by atoms with Crippen molar-refractivity contribution in [2.24, 2.45) is 0 Å². The quantitative estimate of drug-likeness (QED) is 0.598. The molecule has 30 heavy (non-hydrogen) atoms. The molecule has 2 aromatic rings. The van der Waals surface area contributed by atoms with Gasteiger partial charge in [-0.2, -0.15) is 0 Å². The zero-order valence-corrected chi connectivity index (χ0v) is 18.8. The maximum Gasteiger partial charge on any atom is 0.242 e. The summed E-state index contributed by atoms with van der Waals surface area (Å²) in [4.78, 5) is 27.6. The fourth-order valence-corrected chi connectivity index (χ4v) is 3.28. The average molecular weight is 411 g/mol. The van der Waals surface area contributed by atoms with E-state index in [2.05, 4.69) is 19.2 Å². The van der Waals surface area contributed by atoms with Crippen LogP contribution >= 0.6 is 0 Å². The lowest BCUT2D eigenvalue weighted by atomic mass is 10.0. The van der Waals surface area contributed by atoms with Crippen LogP contribution in [0.15, 0.2) is 42.5 Å². The molecule has 2 rings (SSSR count). The third-order valence-electron chi connectivity index (χ3n) is 5.41. The Balaban J connectivity index is 2.22. The zero-order chi connectivity index (χ0) is 22.1. The lowest BCUT2D eigenvalue weighted by Gasteiger charge is -2.29. The Labute approximate surface area is 180 Å². The lowest BCUT2D eigenvalue weighted by molar-refractivity contribution is -0.140. The van der Waals surface area contributed by atoms with Crippen molar-refractivity contribution in [3.8, 4) is 5.75 Å². The third kappa shape index (κ3) is 6.61. The van der Waals surface area contributed by atoms with Crippen LogP contribution in [-0.2, 0) is 22.6 Å². The van der Waals surface area contributed by atoms with Crippen molar-refractivity contribution < 1.29 is 14.3 Å². The van der Waals surface area contributed by atoms with E-state index < -0.39 is 6.04 Å². The maximum absolute atomic E-state index is 13.3. The van der Waals surface area contributed by atoms with E-state index in [1.54, 1.807) is 18.9 Å². The van der Waals surface area contributed by atoms with Gasteiger partial charge in [-0.3, -0.25) is 9.59 Å². The van der Waals surface area contributed by atoms with Gasteiger partial charge in [0.05, 0.1) is 13.5 Å². The minimum atomic E-state index is -0.563. The standard InChI is InChI=1S/C25H34N2O3/c1-6-7-13-26-25(29)20(4)27(17-22-9-8-10-23(15-22)30-5)24(28)16-21-12-11-18(2)19(3)14-21/h8-12,14-15,20H,6-7,13,16-17H2,1-5H3,(H,26,29). The highest BCUT2D eigenvalue weighted by molar-refractivity contribution is 5.88. The van der Waals surface area contributed by atoms with Crippen molar-refractivity contribution in [2.45, 2.75) is 59.5 Å². The first-order valence-corrected chi connectivity index (χ1v) is 10.6. The van der Waals surface area contributed by atoms with E-state index >= 15 is 0 Å². The number of methoxy groups -OCH3 is 1. The van der Waals surface area contributed by atoms with E-state index in [0.29, 0.717) is 13.1 Å². The van der Waals surface area contributed by atoms with Gasteiger partial charge >= 0.3 is 0 Å². The van der Waals surface area contributed by atoms with E-state index in [1.165, 1.54) is 5.56 Å². The number of rotatable bonds is 10. The topological polar surface area (TPSA) is 58.6 Å². The van der Waals surface area contributed by atoms with Crippen molar-refractivity contribution in [1.82, 2.24) is 10.2 Å². The number of ether oxygens (including phenoxy) is 1. The summed E-state index contributed by atoms with van der Waals surface area (Å²) in [6, 6.07) is 13.1. The molecule has 5 heteroatoms. The number of nitrogens with zero attached hydrogens (tertiary/aromatic N) is 1. The molecular weight excluding hydrogens is 376 g/mol. The summed E-state index contributed by atoms with van der Waals surface area (Å²) < 4.78 is 5.31. The Morgan fingerprint density at radius 1 is 1.07 bits per heavy atom. The first-order valence-electron chi connectivity index (χ1n) is 10.6. The van der Waals surface area contributed by atoms with E-state index in [0.717, 1.165) is 35.3 Å². The molecule has 2 aromatic carbocycles. The number of aryl methyl sites for hydroxylation is 2. The molecule has 1 atom stereocenters. The number of carbonyl (C=O) groups excluding carboxylic acids is 2. The number of hydrogen-bond acceptors (Lipinski definition) is 3. The van der Waals surface area contributed by atoms with Crippen molar-refractivity contribution in [1.29, 1.82) is 0 Å². The molecule has 0 fully saturated rings. The van der Waals surface area contributed by atoms with E-state index in [4.69, 9.17) is 4.74 Å². The molecule has 0 saturated carbocycles. The second kappa shape index (κ2) is 11.4. The van der Waals surface area contributed by atoms with Crippen LogP contribution in [0.1, 0.15) is 48.9 Å². The van der Waals surface area contributed by atoms with Gasteiger partial charge in [0.1, 0.15) is 11.8 Å². The molecule has 0 spiro atoms. The summed E-state index contributed by atoms with van der Waals surface area (Å²) in [5, 5.41) is 2.95. The molecule has 0 heterocycles. The van der Waals surface area contributed by atoms with Crippen LogP contribution in [0, 0.1) is 13.8 Å².